The van der Waals surface area contributed by atoms with Gasteiger partial charge in [0.05, 0.1) is 11.0 Å². The van der Waals surface area contributed by atoms with E-state index in [1.165, 1.54) is 19.3 Å². The van der Waals surface area contributed by atoms with Crippen LogP contribution in [0.3, 0.4) is 0 Å². The van der Waals surface area contributed by atoms with E-state index in [0.717, 1.165) is 17.9 Å². The first-order chi connectivity index (χ1) is 9.98. The van der Waals surface area contributed by atoms with E-state index in [-0.39, 0.29) is 22.8 Å². The van der Waals surface area contributed by atoms with Crippen LogP contribution in [0.1, 0.15) is 38.5 Å². The Labute approximate surface area is 128 Å². The molecular weight excluding hydrogens is 312 g/mol. The van der Waals surface area contributed by atoms with Crippen LogP contribution in [-0.2, 0) is 23.8 Å². The van der Waals surface area contributed by atoms with Gasteiger partial charge in [0.25, 0.3) is 10.1 Å². The summed E-state index contributed by atoms with van der Waals surface area (Å²) in [4.78, 5) is 12.3. The Morgan fingerprint density at radius 2 is 2.00 bits per heavy atom. The number of ether oxygens (including phenoxy) is 1. The van der Waals surface area contributed by atoms with Gasteiger partial charge in [0.1, 0.15) is 0 Å². The summed E-state index contributed by atoms with van der Waals surface area (Å²) in [7, 11) is -3.80. The zero-order chi connectivity index (χ0) is 14.7. The van der Waals surface area contributed by atoms with Crippen molar-refractivity contribution >= 4 is 27.0 Å². The predicted molar refractivity (Wildman–Crippen MR) is 80.9 cm³/mol. The van der Waals surface area contributed by atoms with Crippen molar-refractivity contribution in [1.82, 2.24) is 0 Å². The monoisotopic (exact) mass is 334 g/mol. The Kier molecular flexibility index (Phi) is 3.32. The molecule has 2 bridgehead atoms. The summed E-state index contributed by atoms with van der Waals surface area (Å²) in [5.41, 5.74) is 0. The van der Waals surface area contributed by atoms with Gasteiger partial charge < -0.3 is 4.74 Å². The van der Waals surface area contributed by atoms with Gasteiger partial charge in [0.2, 0.25) is 5.79 Å². The second kappa shape index (κ2) is 4.86. The van der Waals surface area contributed by atoms with E-state index in [9.17, 15) is 13.2 Å². The molecule has 21 heavy (non-hydrogen) atoms. The molecule has 0 spiro atoms. The van der Waals surface area contributed by atoms with Crippen molar-refractivity contribution in [2.24, 2.45) is 11.8 Å². The van der Waals surface area contributed by atoms with E-state index in [1.54, 1.807) is 0 Å². The number of esters is 1. The summed E-state index contributed by atoms with van der Waals surface area (Å²) in [6, 6.07) is 0. The highest BCUT2D eigenvalue weighted by molar-refractivity contribution is 8.17. The molecule has 0 radical (unpaired) electrons. The fraction of sp³-hybridized carbons (Fsp3) is 0.929. The molecular formula is C14H22O5S2. The number of rotatable bonds is 3. The number of thiol groups is 1. The molecule has 0 aromatic heterocycles. The Bertz CT molecular complexity index is 554. The zero-order valence-electron chi connectivity index (χ0n) is 12.0. The van der Waals surface area contributed by atoms with E-state index in [4.69, 9.17) is 8.92 Å². The van der Waals surface area contributed by atoms with E-state index < -0.39 is 21.2 Å². The van der Waals surface area contributed by atoms with Crippen molar-refractivity contribution in [3.05, 3.63) is 0 Å². The molecule has 120 valence electrons. The van der Waals surface area contributed by atoms with Crippen LogP contribution >= 0.6 is 10.9 Å². The van der Waals surface area contributed by atoms with Crippen molar-refractivity contribution < 1.29 is 22.1 Å². The maximum atomic E-state index is 12.3. The van der Waals surface area contributed by atoms with Gasteiger partial charge in [0, 0.05) is 12.3 Å². The van der Waals surface area contributed by atoms with Gasteiger partial charge in [-0.25, -0.2) is 15.1 Å². The lowest BCUT2D eigenvalue weighted by atomic mass is 9.94. The molecule has 4 fully saturated rings. The first-order valence-corrected chi connectivity index (χ1v) is 11.2. The fourth-order valence-electron chi connectivity index (χ4n) is 4.62. The summed E-state index contributed by atoms with van der Waals surface area (Å²) < 4.78 is 35.0. The molecule has 0 aromatic rings. The molecule has 0 aromatic carbocycles. The van der Waals surface area contributed by atoms with Gasteiger partial charge in [0.15, 0.2) is 0 Å². The average molecular weight is 334 g/mol. The quantitative estimate of drug-likeness (QED) is 0.482. The smallest absolute Gasteiger partial charge is 0.316 e. The molecule has 5 nitrogen and oxygen atoms in total. The van der Waals surface area contributed by atoms with Gasteiger partial charge in [-0.15, -0.1) is 0 Å². The highest BCUT2D eigenvalue weighted by Crippen LogP contribution is 2.61. The largest absolute Gasteiger partial charge is 0.431 e. The SMILES string of the molecule is O=C(C[SH]1CCCCC1)OC12CC3CC1C(C3)S(=O)(=O)O2. The minimum absolute atomic E-state index is 0.129. The molecule has 4 rings (SSSR count). The summed E-state index contributed by atoms with van der Waals surface area (Å²) in [6.07, 6.45) is 5.76. The van der Waals surface area contributed by atoms with Gasteiger partial charge in [-0.05, 0) is 43.1 Å². The molecule has 4 aliphatic rings. The van der Waals surface area contributed by atoms with Crippen molar-refractivity contribution in [3.63, 3.8) is 0 Å². The third kappa shape index (κ3) is 2.32. The Morgan fingerprint density at radius 3 is 2.71 bits per heavy atom. The number of carbonyl (C=O) groups excluding carboxylic acids is 1. The second-order valence-electron chi connectivity index (χ2n) is 6.89. The summed E-state index contributed by atoms with van der Waals surface area (Å²) >= 11 is 0. The van der Waals surface area contributed by atoms with E-state index in [2.05, 4.69) is 0 Å². The third-order valence-corrected chi connectivity index (χ3v) is 9.84. The first-order valence-electron chi connectivity index (χ1n) is 7.87. The van der Waals surface area contributed by atoms with Crippen molar-refractivity contribution in [2.45, 2.75) is 49.6 Å². The lowest BCUT2D eigenvalue weighted by Crippen LogP contribution is -2.41. The Balaban J connectivity index is 1.46. The molecule has 2 heterocycles. The highest BCUT2D eigenvalue weighted by atomic mass is 32.2. The van der Waals surface area contributed by atoms with Gasteiger partial charge >= 0.3 is 5.97 Å². The van der Waals surface area contributed by atoms with Crippen molar-refractivity contribution in [1.29, 1.82) is 0 Å². The Hall–Kier alpha value is -0.270. The molecule has 2 aliphatic carbocycles. The molecule has 4 unspecified atom stereocenters. The summed E-state index contributed by atoms with van der Waals surface area (Å²) in [5.74, 6) is 1.58. The van der Waals surface area contributed by atoms with Crippen molar-refractivity contribution in [2.75, 3.05) is 17.3 Å². The minimum Gasteiger partial charge on any atom is -0.431 e. The molecule has 7 heteroatoms. The summed E-state index contributed by atoms with van der Waals surface area (Å²) in [6.45, 7) is 0. The van der Waals surface area contributed by atoms with Crippen LogP contribution in [0.15, 0.2) is 0 Å². The number of hydrogen-bond donors (Lipinski definition) is 1. The van der Waals surface area contributed by atoms with Crippen LogP contribution < -0.4 is 0 Å². The van der Waals surface area contributed by atoms with Crippen LogP contribution in [0.2, 0.25) is 0 Å². The fourth-order valence-corrected chi connectivity index (χ4v) is 8.90. The minimum atomic E-state index is -3.54. The zero-order valence-corrected chi connectivity index (χ0v) is 13.7. The molecule has 2 saturated carbocycles. The molecule has 2 saturated heterocycles. The third-order valence-electron chi connectivity index (χ3n) is 5.46. The van der Waals surface area contributed by atoms with Crippen LogP contribution in [-0.4, -0.2) is 42.7 Å². The lowest BCUT2D eigenvalue weighted by Gasteiger charge is -2.31. The molecule has 0 amide bonds. The summed E-state index contributed by atoms with van der Waals surface area (Å²) in [5, 5.41) is -0.440. The van der Waals surface area contributed by atoms with Crippen LogP contribution in [0.5, 0.6) is 0 Å². The van der Waals surface area contributed by atoms with Gasteiger partial charge in [-0.3, -0.25) is 4.79 Å². The number of carbonyl (C=O) groups is 1. The van der Waals surface area contributed by atoms with E-state index in [1.807, 2.05) is 0 Å². The van der Waals surface area contributed by atoms with E-state index in [0.29, 0.717) is 24.5 Å². The van der Waals surface area contributed by atoms with Crippen molar-refractivity contribution in [3.8, 4) is 0 Å². The van der Waals surface area contributed by atoms with E-state index >= 15 is 0 Å². The van der Waals surface area contributed by atoms with Crippen LogP contribution in [0, 0.1) is 11.8 Å². The lowest BCUT2D eigenvalue weighted by molar-refractivity contribution is -0.201. The number of hydrogen-bond acceptors (Lipinski definition) is 5. The molecule has 4 atom stereocenters. The highest BCUT2D eigenvalue weighted by Gasteiger charge is 2.70. The van der Waals surface area contributed by atoms with Crippen LogP contribution in [0.4, 0.5) is 0 Å². The maximum Gasteiger partial charge on any atom is 0.316 e. The van der Waals surface area contributed by atoms with Gasteiger partial charge in [-0.2, -0.15) is 8.42 Å². The topological polar surface area (TPSA) is 69.7 Å². The first kappa shape index (κ1) is 14.3. The number of fused-ring (bicyclic) bond motifs is 1. The van der Waals surface area contributed by atoms with Gasteiger partial charge in [-0.1, -0.05) is 6.42 Å². The van der Waals surface area contributed by atoms with Crippen LogP contribution in [0.25, 0.3) is 0 Å². The molecule has 0 N–H and O–H groups in total. The molecule has 2 aliphatic heterocycles. The second-order valence-corrected chi connectivity index (χ2v) is 11.2. The standard InChI is InChI=1S/C14H22O5S2/c15-13(9-20-4-2-1-3-5-20)18-14-8-10-6-11(14)12(7-10)21(16,17)19-14/h10-12,20H,1-9H2. The maximum absolute atomic E-state index is 12.3. The normalized spacial score (nSPS) is 45.0. The predicted octanol–water partition coefficient (Wildman–Crippen LogP) is 1.57. The Morgan fingerprint density at radius 1 is 1.24 bits per heavy atom. The average Bonchev–Trinajstić information content (AvgIpc) is 2.99.